The monoisotopic (exact) mass is 474 g/mol. The lowest BCUT2D eigenvalue weighted by Gasteiger charge is -2.38. The molecule has 0 spiro atoms. The first-order valence-electron chi connectivity index (χ1n) is 11.4. The summed E-state index contributed by atoms with van der Waals surface area (Å²) in [5.41, 5.74) is 4.29. The molecule has 174 valence electrons. The van der Waals surface area contributed by atoms with Gasteiger partial charge in [0.15, 0.2) is 0 Å². The van der Waals surface area contributed by atoms with Gasteiger partial charge in [0, 0.05) is 11.6 Å². The van der Waals surface area contributed by atoms with E-state index < -0.39 is 16.0 Å². The van der Waals surface area contributed by atoms with Crippen LogP contribution in [0.25, 0.3) is 0 Å². The van der Waals surface area contributed by atoms with Crippen molar-refractivity contribution in [3.8, 4) is 0 Å². The molecule has 0 radical (unpaired) electrons. The second-order valence-corrected chi connectivity index (χ2v) is 10.4. The van der Waals surface area contributed by atoms with E-state index in [4.69, 9.17) is 0 Å². The van der Waals surface area contributed by atoms with Crippen molar-refractivity contribution in [1.29, 1.82) is 0 Å². The topological polar surface area (TPSA) is 95.5 Å². The molecular weight excluding hydrogens is 448 g/mol. The van der Waals surface area contributed by atoms with E-state index in [1.54, 1.807) is 36.4 Å². The van der Waals surface area contributed by atoms with Gasteiger partial charge in [-0.3, -0.25) is 4.72 Å². The van der Waals surface area contributed by atoms with E-state index >= 15 is 0 Å². The molecule has 1 aliphatic heterocycles. The molecule has 34 heavy (non-hydrogen) atoms. The molecule has 0 saturated heterocycles. The Kier molecular flexibility index (Phi) is 5.65. The van der Waals surface area contributed by atoms with Gasteiger partial charge in [-0.1, -0.05) is 55.5 Å². The van der Waals surface area contributed by atoms with Crippen LogP contribution < -0.4 is 10.0 Å². The third kappa shape index (κ3) is 3.86. The molecule has 0 unspecified atom stereocenters. The van der Waals surface area contributed by atoms with E-state index in [1.807, 2.05) is 37.3 Å². The van der Waals surface area contributed by atoms with Gasteiger partial charge in [-0.15, -0.1) is 0 Å². The number of fused-ring (bicyclic) bond motifs is 3. The fraction of sp³-hybridized carbons (Fsp3) is 0.222. The zero-order valence-electron chi connectivity index (χ0n) is 18.7. The first-order chi connectivity index (χ1) is 16.4. The lowest BCUT2D eigenvalue weighted by Crippen LogP contribution is -2.30. The van der Waals surface area contributed by atoms with Crippen LogP contribution in [0.1, 0.15) is 52.4 Å². The Morgan fingerprint density at radius 3 is 2.62 bits per heavy atom. The second-order valence-electron chi connectivity index (χ2n) is 8.73. The Bertz CT molecular complexity index is 1400. The van der Waals surface area contributed by atoms with Gasteiger partial charge in [0.05, 0.1) is 22.2 Å². The smallest absolute Gasteiger partial charge is 0.336 e. The molecule has 3 atom stereocenters. The van der Waals surface area contributed by atoms with Crippen molar-refractivity contribution in [2.45, 2.75) is 36.6 Å². The summed E-state index contributed by atoms with van der Waals surface area (Å²) < 4.78 is 29.2. The number of sulfonamides is 1. The summed E-state index contributed by atoms with van der Waals surface area (Å²) in [6, 6.07) is 19.4. The van der Waals surface area contributed by atoms with E-state index in [2.05, 4.69) is 22.2 Å². The van der Waals surface area contributed by atoms with Crippen molar-refractivity contribution in [3.63, 3.8) is 0 Å². The minimum absolute atomic E-state index is 0.00109. The molecule has 0 saturated carbocycles. The molecule has 7 heteroatoms. The van der Waals surface area contributed by atoms with Crippen molar-refractivity contribution in [3.05, 3.63) is 101 Å². The van der Waals surface area contributed by atoms with Gasteiger partial charge in [0.1, 0.15) is 0 Å². The average molecular weight is 475 g/mol. The number of benzene rings is 3. The molecule has 0 aromatic heterocycles. The highest BCUT2D eigenvalue weighted by Gasteiger charge is 2.39. The molecule has 0 fully saturated rings. The largest absolute Gasteiger partial charge is 0.478 e. The summed E-state index contributed by atoms with van der Waals surface area (Å²) in [4.78, 5) is 12.0. The van der Waals surface area contributed by atoms with Gasteiger partial charge in [-0.25, -0.2) is 13.2 Å². The van der Waals surface area contributed by atoms with Gasteiger partial charge in [-0.05, 0) is 65.8 Å². The van der Waals surface area contributed by atoms with Crippen LogP contribution >= 0.6 is 0 Å². The number of rotatable bonds is 6. The van der Waals surface area contributed by atoms with Crippen LogP contribution in [-0.4, -0.2) is 19.5 Å². The summed E-state index contributed by atoms with van der Waals surface area (Å²) in [6.45, 7) is 1.99. The Morgan fingerprint density at radius 2 is 1.82 bits per heavy atom. The van der Waals surface area contributed by atoms with Crippen LogP contribution in [0.3, 0.4) is 0 Å². The standard InChI is InChI=1S/C27H26N2O4S/c1-2-17-8-3-6-13-24(17)29-34(32,33)18-14-15-25-23(16-18)19-11-7-12-20(19)26(28-25)21-9-4-5-10-22(21)27(30)31/h3-11,13-16,19-20,26,28-29H,2,12H2,1H3,(H,30,31)/t19-,20+,26-/m0/s1. The third-order valence-corrected chi connectivity index (χ3v) is 8.18. The van der Waals surface area contributed by atoms with E-state index in [1.165, 1.54) is 0 Å². The number of aromatic carboxylic acids is 1. The zero-order valence-corrected chi connectivity index (χ0v) is 19.5. The molecule has 2 aliphatic rings. The van der Waals surface area contributed by atoms with Crippen molar-refractivity contribution in [2.24, 2.45) is 5.92 Å². The molecule has 1 heterocycles. The molecule has 6 nitrogen and oxygen atoms in total. The Balaban J connectivity index is 1.51. The van der Waals surface area contributed by atoms with Crippen LogP contribution in [0, 0.1) is 5.92 Å². The summed E-state index contributed by atoms with van der Waals surface area (Å²) in [6.07, 6.45) is 5.71. The number of allylic oxidation sites excluding steroid dienone is 2. The van der Waals surface area contributed by atoms with Crippen molar-refractivity contribution in [1.82, 2.24) is 0 Å². The average Bonchev–Trinajstić information content (AvgIpc) is 3.34. The predicted molar refractivity (Wildman–Crippen MR) is 133 cm³/mol. The quantitative estimate of drug-likeness (QED) is 0.406. The molecule has 1 aliphatic carbocycles. The second kappa shape index (κ2) is 8.65. The number of para-hydroxylation sites is 1. The van der Waals surface area contributed by atoms with E-state index in [0.717, 1.165) is 35.2 Å². The minimum atomic E-state index is -3.77. The Labute approximate surface area is 199 Å². The van der Waals surface area contributed by atoms with Gasteiger partial charge in [-0.2, -0.15) is 0 Å². The molecule has 0 amide bonds. The molecule has 3 aromatic carbocycles. The van der Waals surface area contributed by atoms with Crippen molar-refractivity contribution in [2.75, 3.05) is 10.0 Å². The van der Waals surface area contributed by atoms with E-state index in [9.17, 15) is 18.3 Å². The maximum absolute atomic E-state index is 13.2. The fourth-order valence-electron chi connectivity index (χ4n) is 5.14. The first-order valence-corrected chi connectivity index (χ1v) is 12.9. The fourth-order valence-corrected chi connectivity index (χ4v) is 6.28. The summed E-state index contributed by atoms with van der Waals surface area (Å²) in [5.74, 6) is -0.855. The number of hydrogen-bond acceptors (Lipinski definition) is 4. The van der Waals surface area contributed by atoms with Gasteiger partial charge in [0.25, 0.3) is 10.0 Å². The van der Waals surface area contributed by atoms with Crippen molar-refractivity contribution < 1.29 is 18.3 Å². The van der Waals surface area contributed by atoms with Gasteiger partial charge >= 0.3 is 5.97 Å². The number of carboxylic acids is 1. The maximum atomic E-state index is 13.2. The normalized spacial score (nSPS) is 20.8. The minimum Gasteiger partial charge on any atom is -0.478 e. The lowest BCUT2D eigenvalue weighted by molar-refractivity contribution is 0.0694. The number of carboxylic acid groups (broad SMARTS) is 1. The number of carbonyl (C=O) groups is 1. The summed E-state index contributed by atoms with van der Waals surface area (Å²) in [5, 5.41) is 13.2. The zero-order chi connectivity index (χ0) is 23.9. The van der Waals surface area contributed by atoms with Gasteiger partial charge < -0.3 is 10.4 Å². The summed E-state index contributed by atoms with van der Waals surface area (Å²) in [7, 11) is -3.77. The highest BCUT2D eigenvalue weighted by atomic mass is 32.2. The molecule has 5 rings (SSSR count). The molecular formula is C27H26N2O4S. The van der Waals surface area contributed by atoms with Crippen LogP contribution in [-0.2, 0) is 16.4 Å². The van der Waals surface area contributed by atoms with E-state index in [0.29, 0.717) is 5.69 Å². The summed E-state index contributed by atoms with van der Waals surface area (Å²) >= 11 is 0. The molecule has 3 aromatic rings. The lowest BCUT2D eigenvalue weighted by atomic mass is 9.76. The predicted octanol–water partition coefficient (Wildman–Crippen LogP) is 5.57. The number of anilines is 2. The highest BCUT2D eigenvalue weighted by molar-refractivity contribution is 7.92. The molecule has 0 bridgehead atoms. The Morgan fingerprint density at radius 1 is 1.06 bits per heavy atom. The van der Waals surface area contributed by atoms with Crippen LogP contribution in [0.2, 0.25) is 0 Å². The van der Waals surface area contributed by atoms with Crippen molar-refractivity contribution >= 4 is 27.4 Å². The highest BCUT2D eigenvalue weighted by Crippen LogP contribution is 2.50. The van der Waals surface area contributed by atoms with E-state index in [-0.39, 0.29) is 28.3 Å². The Hall–Kier alpha value is -3.58. The van der Waals surface area contributed by atoms with Crippen LogP contribution in [0.4, 0.5) is 11.4 Å². The first kappa shape index (κ1) is 22.2. The van der Waals surface area contributed by atoms with Crippen LogP contribution in [0.5, 0.6) is 0 Å². The SMILES string of the molecule is CCc1ccccc1NS(=O)(=O)c1ccc2c(c1)[C@H]1C=CC[C@H]1[C@@H](c1ccccc1C(=O)O)N2. The number of aryl methyl sites for hydroxylation is 1. The molecule has 3 N–H and O–H groups in total. The maximum Gasteiger partial charge on any atom is 0.336 e. The van der Waals surface area contributed by atoms with Crippen LogP contribution in [0.15, 0.2) is 83.8 Å². The number of hydrogen-bond donors (Lipinski definition) is 3. The van der Waals surface area contributed by atoms with Gasteiger partial charge in [0.2, 0.25) is 0 Å². The number of nitrogens with one attached hydrogen (secondary N) is 2. The third-order valence-electron chi connectivity index (χ3n) is 6.81.